The molecule has 1 aliphatic heterocycles. The van der Waals surface area contributed by atoms with E-state index in [4.69, 9.17) is 4.52 Å². The number of likely N-dealkylation sites (tertiary alicyclic amines) is 1. The molecule has 5 heteroatoms. The second-order valence-electron chi connectivity index (χ2n) is 6.33. The zero-order valence-electron chi connectivity index (χ0n) is 12.7. The first-order chi connectivity index (χ1) is 10.7. The molecule has 0 bridgehead atoms. The van der Waals surface area contributed by atoms with E-state index in [9.17, 15) is 4.79 Å². The van der Waals surface area contributed by atoms with Gasteiger partial charge in [-0.2, -0.15) is 4.98 Å². The molecule has 1 aromatic heterocycles. The quantitative estimate of drug-likeness (QED) is 0.870. The maximum atomic E-state index is 12.2. The molecule has 1 aromatic carbocycles. The van der Waals surface area contributed by atoms with Crippen LogP contribution in [-0.2, 0) is 11.3 Å². The van der Waals surface area contributed by atoms with Gasteiger partial charge in [-0.3, -0.25) is 4.79 Å². The van der Waals surface area contributed by atoms with Gasteiger partial charge < -0.3 is 9.42 Å². The van der Waals surface area contributed by atoms with Crippen molar-refractivity contribution in [2.75, 3.05) is 0 Å². The van der Waals surface area contributed by atoms with E-state index in [0.29, 0.717) is 24.8 Å². The highest BCUT2D eigenvalue weighted by Gasteiger charge is 2.37. The van der Waals surface area contributed by atoms with E-state index in [2.05, 4.69) is 35.3 Å². The fraction of sp³-hybridized carbons (Fsp3) is 0.471. The van der Waals surface area contributed by atoms with Gasteiger partial charge in [-0.25, -0.2) is 0 Å². The third kappa shape index (κ3) is 2.51. The Morgan fingerprint density at radius 1 is 1.32 bits per heavy atom. The molecular formula is C17H19N3O2. The molecule has 1 saturated carbocycles. The highest BCUT2D eigenvalue weighted by atomic mass is 16.5. The summed E-state index contributed by atoms with van der Waals surface area (Å²) >= 11 is 0. The van der Waals surface area contributed by atoms with Crippen molar-refractivity contribution in [1.82, 2.24) is 15.0 Å². The van der Waals surface area contributed by atoms with Crippen molar-refractivity contribution in [1.29, 1.82) is 0 Å². The summed E-state index contributed by atoms with van der Waals surface area (Å²) in [6.45, 7) is 2.67. The SMILES string of the molecule is Cc1cccc(CN2C(=O)CCC2c2nc(C3CC3)no2)c1. The molecule has 1 amide bonds. The van der Waals surface area contributed by atoms with E-state index in [1.807, 2.05) is 11.0 Å². The number of hydrogen-bond acceptors (Lipinski definition) is 4. The molecule has 1 unspecified atom stereocenters. The van der Waals surface area contributed by atoms with Gasteiger partial charge in [0, 0.05) is 18.9 Å². The van der Waals surface area contributed by atoms with Gasteiger partial charge in [-0.1, -0.05) is 35.0 Å². The van der Waals surface area contributed by atoms with Crippen LogP contribution in [0.2, 0.25) is 0 Å². The molecule has 2 aromatic rings. The predicted octanol–water partition coefficient (Wildman–Crippen LogP) is 3.12. The third-order valence-corrected chi connectivity index (χ3v) is 4.45. The van der Waals surface area contributed by atoms with Crippen LogP contribution >= 0.6 is 0 Å². The molecule has 1 atom stereocenters. The Hall–Kier alpha value is -2.17. The molecule has 1 aliphatic carbocycles. The smallest absolute Gasteiger partial charge is 0.249 e. The van der Waals surface area contributed by atoms with Crippen molar-refractivity contribution in [3.63, 3.8) is 0 Å². The maximum absolute atomic E-state index is 12.2. The average molecular weight is 297 g/mol. The van der Waals surface area contributed by atoms with Crippen molar-refractivity contribution in [2.45, 2.75) is 51.1 Å². The van der Waals surface area contributed by atoms with Gasteiger partial charge in [0.2, 0.25) is 11.8 Å². The minimum absolute atomic E-state index is 0.0759. The lowest BCUT2D eigenvalue weighted by Gasteiger charge is -2.22. The summed E-state index contributed by atoms with van der Waals surface area (Å²) < 4.78 is 5.43. The number of hydrogen-bond donors (Lipinski definition) is 0. The summed E-state index contributed by atoms with van der Waals surface area (Å²) in [5.74, 6) is 2.04. The van der Waals surface area contributed by atoms with Crippen LogP contribution in [0.15, 0.2) is 28.8 Å². The van der Waals surface area contributed by atoms with Crippen LogP contribution in [0.1, 0.15) is 60.5 Å². The third-order valence-electron chi connectivity index (χ3n) is 4.45. The number of benzene rings is 1. The van der Waals surface area contributed by atoms with Gasteiger partial charge in [0.15, 0.2) is 5.82 Å². The van der Waals surface area contributed by atoms with Crippen LogP contribution in [0.4, 0.5) is 0 Å². The second kappa shape index (κ2) is 5.23. The van der Waals surface area contributed by atoms with Crippen LogP contribution in [0.5, 0.6) is 0 Å². The molecule has 2 fully saturated rings. The lowest BCUT2D eigenvalue weighted by Crippen LogP contribution is -2.27. The Balaban J connectivity index is 1.56. The first-order valence-corrected chi connectivity index (χ1v) is 7.89. The summed E-state index contributed by atoms with van der Waals surface area (Å²) in [5.41, 5.74) is 2.34. The molecule has 4 rings (SSSR count). The number of carbonyl (C=O) groups is 1. The largest absolute Gasteiger partial charge is 0.337 e. The summed E-state index contributed by atoms with van der Waals surface area (Å²) in [6, 6.07) is 8.18. The molecule has 0 N–H and O–H groups in total. The van der Waals surface area contributed by atoms with Gasteiger partial charge >= 0.3 is 0 Å². The molecule has 22 heavy (non-hydrogen) atoms. The number of aryl methyl sites for hydroxylation is 1. The number of nitrogens with zero attached hydrogens (tertiary/aromatic N) is 3. The van der Waals surface area contributed by atoms with Crippen LogP contribution in [-0.4, -0.2) is 20.9 Å². The molecule has 2 aliphatic rings. The lowest BCUT2D eigenvalue weighted by atomic mass is 10.1. The van der Waals surface area contributed by atoms with Crippen LogP contribution < -0.4 is 0 Å². The fourth-order valence-corrected chi connectivity index (χ4v) is 3.09. The van der Waals surface area contributed by atoms with Crippen LogP contribution in [0.3, 0.4) is 0 Å². The van der Waals surface area contributed by atoms with Crippen molar-refractivity contribution in [2.24, 2.45) is 0 Å². The predicted molar refractivity (Wildman–Crippen MR) is 80.0 cm³/mol. The summed E-state index contributed by atoms with van der Waals surface area (Å²) in [4.78, 5) is 18.6. The molecule has 1 saturated heterocycles. The minimum atomic E-state index is -0.0759. The van der Waals surface area contributed by atoms with E-state index in [1.165, 1.54) is 5.56 Å². The Bertz CT molecular complexity index is 705. The molecule has 2 heterocycles. The highest BCUT2D eigenvalue weighted by Crippen LogP contribution is 2.40. The van der Waals surface area contributed by atoms with Gasteiger partial charge in [-0.15, -0.1) is 0 Å². The van der Waals surface area contributed by atoms with Crippen molar-refractivity contribution in [3.05, 3.63) is 47.1 Å². The van der Waals surface area contributed by atoms with Crippen LogP contribution in [0.25, 0.3) is 0 Å². The maximum Gasteiger partial charge on any atom is 0.249 e. The molecule has 0 spiro atoms. The van der Waals surface area contributed by atoms with Crippen LogP contribution in [0, 0.1) is 6.92 Å². The number of rotatable bonds is 4. The summed E-state index contributed by atoms with van der Waals surface area (Å²) in [6.07, 6.45) is 3.61. The second-order valence-corrected chi connectivity index (χ2v) is 6.33. The van der Waals surface area contributed by atoms with Gasteiger partial charge in [0.05, 0.1) is 0 Å². The van der Waals surface area contributed by atoms with E-state index in [0.717, 1.165) is 30.7 Å². The van der Waals surface area contributed by atoms with E-state index in [-0.39, 0.29) is 11.9 Å². The molecule has 5 nitrogen and oxygen atoms in total. The topological polar surface area (TPSA) is 59.2 Å². The lowest BCUT2D eigenvalue weighted by molar-refractivity contribution is -0.129. The zero-order chi connectivity index (χ0) is 15.1. The molecule has 0 radical (unpaired) electrons. The Kier molecular flexibility index (Phi) is 3.21. The van der Waals surface area contributed by atoms with E-state index >= 15 is 0 Å². The zero-order valence-corrected chi connectivity index (χ0v) is 12.7. The Morgan fingerprint density at radius 2 is 2.18 bits per heavy atom. The highest BCUT2D eigenvalue weighted by molar-refractivity contribution is 5.78. The Morgan fingerprint density at radius 3 is 2.95 bits per heavy atom. The van der Waals surface area contributed by atoms with Crippen molar-refractivity contribution in [3.8, 4) is 0 Å². The fourth-order valence-electron chi connectivity index (χ4n) is 3.09. The first-order valence-electron chi connectivity index (χ1n) is 7.89. The monoisotopic (exact) mass is 297 g/mol. The normalized spacial score (nSPS) is 21.6. The van der Waals surface area contributed by atoms with E-state index < -0.39 is 0 Å². The summed E-state index contributed by atoms with van der Waals surface area (Å²) in [7, 11) is 0. The summed E-state index contributed by atoms with van der Waals surface area (Å²) in [5, 5.41) is 4.08. The van der Waals surface area contributed by atoms with Gasteiger partial charge in [-0.05, 0) is 31.7 Å². The first kappa shape index (κ1) is 13.5. The number of amides is 1. The number of aromatic nitrogens is 2. The van der Waals surface area contributed by atoms with Crippen molar-refractivity contribution >= 4 is 5.91 Å². The number of carbonyl (C=O) groups excluding carboxylic acids is 1. The molecular weight excluding hydrogens is 278 g/mol. The Labute approximate surface area is 129 Å². The van der Waals surface area contributed by atoms with Crippen molar-refractivity contribution < 1.29 is 9.32 Å². The standard InChI is InChI=1S/C17H19N3O2/c1-11-3-2-4-12(9-11)10-20-14(7-8-15(20)21)17-18-16(19-22-17)13-5-6-13/h2-4,9,13-14H,5-8,10H2,1H3. The minimum Gasteiger partial charge on any atom is -0.337 e. The molecule has 114 valence electrons. The van der Waals surface area contributed by atoms with Gasteiger partial charge in [0.1, 0.15) is 6.04 Å². The van der Waals surface area contributed by atoms with Gasteiger partial charge in [0.25, 0.3) is 0 Å². The van der Waals surface area contributed by atoms with E-state index in [1.54, 1.807) is 0 Å². The average Bonchev–Trinajstić information content (AvgIpc) is 3.14.